The van der Waals surface area contributed by atoms with Gasteiger partial charge < -0.3 is 10.2 Å². The number of aryl methyl sites for hydroxylation is 1. The molecule has 4 heteroatoms. The van der Waals surface area contributed by atoms with E-state index in [0.717, 1.165) is 16.8 Å². The molecule has 0 radical (unpaired) electrons. The number of hydrogen-bond donors (Lipinski definition) is 1. The van der Waals surface area contributed by atoms with Crippen LogP contribution in [0.1, 0.15) is 18.1 Å². The number of anilines is 1. The molecule has 2 rings (SSSR count). The Morgan fingerprint density at radius 3 is 2.55 bits per heavy atom. The molecule has 0 aliphatic carbocycles. The number of carbonyl (C=O) groups excluding carboxylic acids is 1. The lowest BCUT2D eigenvalue weighted by molar-refractivity contribution is -0.130. The predicted molar refractivity (Wildman–Crippen MR) is 92.2 cm³/mol. The monoisotopic (exact) mass is 316 g/mol. The van der Waals surface area contributed by atoms with E-state index in [2.05, 4.69) is 5.32 Å². The van der Waals surface area contributed by atoms with Gasteiger partial charge >= 0.3 is 0 Å². The molecule has 0 fully saturated rings. The molecule has 1 unspecified atom stereocenters. The maximum atomic E-state index is 12.4. The van der Waals surface area contributed by atoms with Gasteiger partial charge in [0.25, 0.3) is 0 Å². The first kappa shape index (κ1) is 16.4. The van der Waals surface area contributed by atoms with Crippen molar-refractivity contribution in [2.24, 2.45) is 0 Å². The lowest BCUT2D eigenvalue weighted by Gasteiger charge is -2.23. The predicted octanol–water partition coefficient (Wildman–Crippen LogP) is 4.11. The molecule has 22 heavy (non-hydrogen) atoms. The molecule has 1 N–H and O–H groups in total. The molecule has 116 valence electrons. The minimum Gasteiger partial charge on any atom is -0.374 e. The fourth-order valence-corrected chi connectivity index (χ4v) is 2.44. The molecule has 1 amide bonds. The van der Waals surface area contributed by atoms with Crippen molar-refractivity contribution < 1.29 is 4.79 Å². The Morgan fingerprint density at radius 2 is 1.91 bits per heavy atom. The van der Waals surface area contributed by atoms with Crippen LogP contribution >= 0.6 is 11.6 Å². The van der Waals surface area contributed by atoms with Crippen molar-refractivity contribution in [2.45, 2.75) is 26.4 Å². The summed E-state index contributed by atoms with van der Waals surface area (Å²) in [5, 5.41) is 3.90. The maximum Gasteiger partial charge on any atom is 0.244 e. The fraction of sp³-hybridized carbons (Fsp3) is 0.278. The highest BCUT2D eigenvalue weighted by Gasteiger charge is 2.17. The van der Waals surface area contributed by atoms with Gasteiger partial charge in [0.2, 0.25) is 5.91 Å². The Balaban J connectivity index is 1.97. The topological polar surface area (TPSA) is 32.3 Å². The third kappa shape index (κ3) is 4.25. The number of benzene rings is 2. The number of hydrogen-bond acceptors (Lipinski definition) is 2. The number of nitrogens with zero attached hydrogens (tertiary/aromatic N) is 1. The molecule has 0 aromatic heterocycles. The van der Waals surface area contributed by atoms with Crippen molar-refractivity contribution in [1.82, 2.24) is 4.90 Å². The smallest absolute Gasteiger partial charge is 0.244 e. The standard InChI is InChI=1S/C18H21ClN2O/c1-13-9-10-16(11-17(13)19)20-14(2)18(22)21(3)12-15-7-5-4-6-8-15/h4-11,14,20H,12H2,1-3H3. The Hall–Kier alpha value is -2.00. The van der Waals surface area contributed by atoms with Crippen molar-refractivity contribution in [3.63, 3.8) is 0 Å². The average Bonchev–Trinajstić information content (AvgIpc) is 2.51. The minimum atomic E-state index is -0.313. The zero-order valence-corrected chi connectivity index (χ0v) is 13.9. The molecule has 3 nitrogen and oxygen atoms in total. The second-order valence-corrected chi connectivity index (χ2v) is 5.92. The molecule has 0 bridgehead atoms. The van der Waals surface area contributed by atoms with E-state index in [1.807, 2.05) is 69.4 Å². The van der Waals surface area contributed by atoms with Gasteiger partial charge in [0, 0.05) is 24.3 Å². The van der Waals surface area contributed by atoms with E-state index < -0.39 is 0 Å². The third-order valence-electron chi connectivity index (χ3n) is 3.56. The first-order chi connectivity index (χ1) is 10.5. The second-order valence-electron chi connectivity index (χ2n) is 5.51. The first-order valence-electron chi connectivity index (χ1n) is 7.29. The fourth-order valence-electron chi connectivity index (χ4n) is 2.26. The summed E-state index contributed by atoms with van der Waals surface area (Å²) in [6.45, 7) is 4.41. The Bertz CT molecular complexity index is 643. The molecule has 0 aliphatic heterocycles. The number of nitrogens with one attached hydrogen (secondary N) is 1. The van der Waals surface area contributed by atoms with E-state index in [1.54, 1.807) is 4.90 Å². The summed E-state index contributed by atoms with van der Waals surface area (Å²) in [7, 11) is 1.82. The van der Waals surface area contributed by atoms with Crippen molar-refractivity contribution >= 4 is 23.2 Å². The number of carbonyl (C=O) groups is 1. The van der Waals surface area contributed by atoms with Crippen molar-refractivity contribution in [3.8, 4) is 0 Å². The summed E-state index contributed by atoms with van der Waals surface area (Å²) in [6.07, 6.45) is 0. The summed E-state index contributed by atoms with van der Waals surface area (Å²) in [4.78, 5) is 14.2. The zero-order valence-electron chi connectivity index (χ0n) is 13.1. The third-order valence-corrected chi connectivity index (χ3v) is 3.97. The Morgan fingerprint density at radius 1 is 1.23 bits per heavy atom. The highest BCUT2D eigenvalue weighted by molar-refractivity contribution is 6.31. The van der Waals surface area contributed by atoms with Crippen molar-refractivity contribution in [1.29, 1.82) is 0 Å². The molecule has 2 aromatic carbocycles. The molecule has 0 aliphatic rings. The molecular formula is C18H21ClN2O. The first-order valence-corrected chi connectivity index (χ1v) is 7.67. The molecular weight excluding hydrogens is 296 g/mol. The van der Waals surface area contributed by atoms with Crippen LogP contribution < -0.4 is 5.32 Å². The van der Waals surface area contributed by atoms with E-state index >= 15 is 0 Å². The van der Waals surface area contributed by atoms with E-state index in [9.17, 15) is 4.79 Å². The van der Waals surface area contributed by atoms with Crippen LogP contribution in [0.3, 0.4) is 0 Å². The van der Waals surface area contributed by atoms with Gasteiger partial charge in [0.15, 0.2) is 0 Å². The minimum absolute atomic E-state index is 0.0422. The highest BCUT2D eigenvalue weighted by Crippen LogP contribution is 2.20. The SMILES string of the molecule is Cc1ccc(NC(C)C(=O)N(C)Cc2ccccc2)cc1Cl. The van der Waals surface area contributed by atoms with Crippen LogP contribution in [0, 0.1) is 6.92 Å². The van der Waals surface area contributed by atoms with Crippen LogP contribution in [0.2, 0.25) is 5.02 Å². The van der Waals surface area contributed by atoms with Crippen LogP contribution in [-0.4, -0.2) is 23.9 Å². The van der Waals surface area contributed by atoms with Gasteiger partial charge in [-0.05, 0) is 37.1 Å². The average molecular weight is 317 g/mol. The van der Waals surface area contributed by atoms with Gasteiger partial charge in [0.1, 0.15) is 6.04 Å². The van der Waals surface area contributed by atoms with Gasteiger partial charge in [-0.3, -0.25) is 4.79 Å². The van der Waals surface area contributed by atoms with Crippen LogP contribution in [-0.2, 0) is 11.3 Å². The number of halogens is 1. The van der Waals surface area contributed by atoms with E-state index in [4.69, 9.17) is 11.6 Å². The van der Waals surface area contributed by atoms with Crippen LogP contribution in [0.5, 0.6) is 0 Å². The Kier molecular flexibility index (Phi) is 5.45. The van der Waals surface area contributed by atoms with Gasteiger partial charge in [-0.25, -0.2) is 0 Å². The lowest BCUT2D eigenvalue weighted by Crippen LogP contribution is -2.38. The normalized spacial score (nSPS) is 11.8. The molecule has 0 saturated carbocycles. The van der Waals surface area contributed by atoms with E-state index in [1.165, 1.54) is 0 Å². The van der Waals surface area contributed by atoms with Crippen molar-refractivity contribution in [2.75, 3.05) is 12.4 Å². The summed E-state index contributed by atoms with van der Waals surface area (Å²) >= 11 is 6.11. The molecule has 1 atom stereocenters. The molecule has 0 heterocycles. The number of rotatable bonds is 5. The number of likely N-dealkylation sites (N-methyl/N-ethyl adjacent to an activating group) is 1. The van der Waals surface area contributed by atoms with Crippen molar-refractivity contribution in [3.05, 3.63) is 64.7 Å². The maximum absolute atomic E-state index is 12.4. The van der Waals surface area contributed by atoms with Crippen LogP contribution in [0.25, 0.3) is 0 Å². The molecule has 0 saturated heterocycles. The lowest BCUT2D eigenvalue weighted by atomic mass is 10.2. The van der Waals surface area contributed by atoms with E-state index in [-0.39, 0.29) is 11.9 Å². The van der Waals surface area contributed by atoms with Crippen LogP contribution in [0.15, 0.2) is 48.5 Å². The number of amides is 1. The summed E-state index contributed by atoms with van der Waals surface area (Å²) in [6, 6.07) is 15.4. The summed E-state index contributed by atoms with van der Waals surface area (Å²) in [5.41, 5.74) is 2.99. The highest BCUT2D eigenvalue weighted by atomic mass is 35.5. The van der Waals surface area contributed by atoms with E-state index in [0.29, 0.717) is 11.6 Å². The second kappa shape index (κ2) is 7.32. The summed E-state index contributed by atoms with van der Waals surface area (Å²) in [5.74, 6) is 0.0422. The molecule has 2 aromatic rings. The van der Waals surface area contributed by atoms with Gasteiger partial charge in [-0.2, -0.15) is 0 Å². The van der Waals surface area contributed by atoms with Gasteiger partial charge in [-0.15, -0.1) is 0 Å². The Labute approximate surface area is 136 Å². The summed E-state index contributed by atoms with van der Waals surface area (Å²) < 4.78 is 0. The quantitative estimate of drug-likeness (QED) is 0.900. The van der Waals surface area contributed by atoms with Gasteiger partial charge in [-0.1, -0.05) is 48.0 Å². The zero-order chi connectivity index (χ0) is 16.1. The van der Waals surface area contributed by atoms with Gasteiger partial charge in [0.05, 0.1) is 0 Å². The van der Waals surface area contributed by atoms with Crippen LogP contribution in [0.4, 0.5) is 5.69 Å². The largest absolute Gasteiger partial charge is 0.374 e. The molecule has 0 spiro atoms.